The third-order valence-electron chi connectivity index (χ3n) is 7.18. The van der Waals surface area contributed by atoms with Crippen molar-refractivity contribution in [2.24, 2.45) is 0 Å². The second kappa shape index (κ2) is 18.2. The molecule has 0 aliphatic carbocycles. The van der Waals surface area contributed by atoms with Crippen LogP contribution in [0.15, 0.2) is 48.5 Å². The van der Waals surface area contributed by atoms with Crippen molar-refractivity contribution in [3.63, 3.8) is 0 Å². The van der Waals surface area contributed by atoms with Crippen molar-refractivity contribution in [1.82, 2.24) is 15.5 Å². The van der Waals surface area contributed by atoms with Gasteiger partial charge in [0.25, 0.3) is 0 Å². The van der Waals surface area contributed by atoms with Gasteiger partial charge in [-0.05, 0) is 63.8 Å². The van der Waals surface area contributed by atoms with Crippen molar-refractivity contribution in [2.75, 3.05) is 13.1 Å². The maximum absolute atomic E-state index is 14.5. The van der Waals surface area contributed by atoms with Crippen LogP contribution in [-0.4, -0.2) is 52.6 Å². The van der Waals surface area contributed by atoms with Gasteiger partial charge >= 0.3 is 6.09 Å². The number of aromatic hydroxyl groups is 1. The molecule has 0 aromatic heterocycles. The molecular weight excluding hydrogens is 542 g/mol. The highest BCUT2D eigenvalue weighted by molar-refractivity contribution is 5.92. The summed E-state index contributed by atoms with van der Waals surface area (Å²) in [6.45, 7) is 12.4. The van der Waals surface area contributed by atoms with E-state index in [0.717, 1.165) is 61.6 Å². The third-order valence-corrected chi connectivity index (χ3v) is 7.18. The molecule has 2 rings (SSSR count). The van der Waals surface area contributed by atoms with Gasteiger partial charge in [0.2, 0.25) is 11.8 Å². The summed E-state index contributed by atoms with van der Waals surface area (Å²) in [5.41, 5.74) is 1.78. The second-order valence-electron chi connectivity index (χ2n) is 12.3. The standard InChI is InChI=1S/C35H53N3O5/c1-7-9-11-12-13-14-24-38(31(32(40)36-23-10-8-2)28-19-15-26(3)16-20-28)33(41)30(37-34(42)43-35(4,5)6)25-27-17-21-29(39)22-18-27/h15-22,30-31,39H,7-14,23-25H2,1-6H3,(H,36,40)(H,37,42). The fourth-order valence-corrected chi connectivity index (χ4v) is 4.85. The molecule has 8 nitrogen and oxygen atoms in total. The van der Waals surface area contributed by atoms with Gasteiger partial charge < -0.3 is 25.4 Å². The molecule has 0 aliphatic heterocycles. The van der Waals surface area contributed by atoms with E-state index in [1.807, 2.05) is 31.2 Å². The number of hydrogen-bond acceptors (Lipinski definition) is 5. The van der Waals surface area contributed by atoms with Crippen LogP contribution in [0.1, 0.15) is 109 Å². The van der Waals surface area contributed by atoms with E-state index in [1.54, 1.807) is 49.9 Å². The normalized spacial score (nSPS) is 12.7. The van der Waals surface area contributed by atoms with Crippen molar-refractivity contribution >= 4 is 17.9 Å². The molecule has 0 fully saturated rings. The van der Waals surface area contributed by atoms with Crippen LogP contribution in [0.2, 0.25) is 0 Å². The molecule has 0 bridgehead atoms. The number of aryl methyl sites for hydroxylation is 1. The number of rotatable bonds is 17. The molecule has 0 aliphatic rings. The van der Waals surface area contributed by atoms with E-state index in [0.29, 0.717) is 13.1 Å². The molecular formula is C35H53N3O5. The smallest absolute Gasteiger partial charge is 0.408 e. The van der Waals surface area contributed by atoms with E-state index < -0.39 is 23.8 Å². The van der Waals surface area contributed by atoms with E-state index in [1.165, 1.54) is 6.42 Å². The molecule has 2 aromatic carbocycles. The monoisotopic (exact) mass is 595 g/mol. The molecule has 0 radical (unpaired) electrons. The van der Waals surface area contributed by atoms with Gasteiger partial charge in [-0.3, -0.25) is 9.59 Å². The van der Waals surface area contributed by atoms with E-state index in [-0.39, 0.29) is 24.0 Å². The highest BCUT2D eigenvalue weighted by Gasteiger charge is 2.36. The van der Waals surface area contributed by atoms with Crippen molar-refractivity contribution < 1.29 is 24.2 Å². The number of ether oxygens (including phenoxy) is 1. The predicted octanol–water partition coefficient (Wildman–Crippen LogP) is 6.98. The lowest BCUT2D eigenvalue weighted by atomic mass is 9.98. The molecule has 0 saturated heterocycles. The Morgan fingerprint density at radius 1 is 0.860 bits per heavy atom. The molecule has 43 heavy (non-hydrogen) atoms. The van der Waals surface area contributed by atoms with Gasteiger partial charge in [-0.2, -0.15) is 0 Å². The fourth-order valence-electron chi connectivity index (χ4n) is 4.85. The van der Waals surface area contributed by atoms with Crippen molar-refractivity contribution in [3.05, 3.63) is 65.2 Å². The number of alkyl carbamates (subject to hydrolysis) is 1. The van der Waals surface area contributed by atoms with Crippen LogP contribution < -0.4 is 10.6 Å². The Morgan fingerprint density at radius 2 is 1.47 bits per heavy atom. The number of phenols is 1. The van der Waals surface area contributed by atoms with Crippen LogP contribution in [0.4, 0.5) is 4.79 Å². The number of nitrogens with one attached hydrogen (secondary N) is 2. The average Bonchev–Trinajstić information content (AvgIpc) is 2.94. The zero-order valence-electron chi connectivity index (χ0n) is 27.1. The highest BCUT2D eigenvalue weighted by Crippen LogP contribution is 2.25. The van der Waals surface area contributed by atoms with Crippen LogP contribution in [-0.2, 0) is 20.7 Å². The Hall–Kier alpha value is -3.55. The summed E-state index contributed by atoms with van der Waals surface area (Å²) in [4.78, 5) is 42.9. The number of phenolic OH excluding ortho intramolecular Hbond substituents is 1. The number of carbonyl (C=O) groups excluding carboxylic acids is 3. The maximum atomic E-state index is 14.5. The summed E-state index contributed by atoms with van der Waals surface area (Å²) in [5.74, 6) is -0.486. The average molecular weight is 596 g/mol. The summed E-state index contributed by atoms with van der Waals surface area (Å²) < 4.78 is 5.52. The van der Waals surface area contributed by atoms with E-state index in [9.17, 15) is 19.5 Å². The first-order valence-electron chi connectivity index (χ1n) is 15.9. The van der Waals surface area contributed by atoms with Crippen LogP contribution >= 0.6 is 0 Å². The Bertz CT molecular complexity index is 1130. The van der Waals surface area contributed by atoms with Crippen molar-refractivity contribution in [2.45, 2.75) is 117 Å². The SMILES string of the molecule is CCCCCCCCN(C(=O)C(Cc1ccc(O)cc1)NC(=O)OC(C)(C)C)C(C(=O)NCCCC)c1ccc(C)cc1. The molecule has 2 unspecified atom stereocenters. The Labute approximate surface area is 258 Å². The Kier molecular flexibility index (Phi) is 15.1. The minimum Gasteiger partial charge on any atom is -0.508 e. The molecule has 238 valence electrons. The zero-order valence-corrected chi connectivity index (χ0v) is 27.1. The molecule has 8 heteroatoms. The quantitative estimate of drug-likeness (QED) is 0.171. The van der Waals surface area contributed by atoms with Gasteiger partial charge in [0.05, 0.1) is 0 Å². The highest BCUT2D eigenvalue weighted by atomic mass is 16.6. The van der Waals surface area contributed by atoms with Crippen LogP contribution in [0, 0.1) is 6.92 Å². The Morgan fingerprint density at radius 3 is 2.07 bits per heavy atom. The van der Waals surface area contributed by atoms with Crippen LogP contribution in [0.3, 0.4) is 0 Å². The molecule has 0 heterocycles. The van der Waals surface area contributed by atoms with Gasteiger partial charge in [0, 0.05) is 19.5 Å². The van der Waals surface area contributed by atoms with Crippen LogP contribution in [0.5, 0.6) is 5.75 Å². The number of benzene rings is 2. The van der Waals surface area contributed by atoms with Crippen molar-refractivity contribution in [1.29, 1.82) is 0 Å². The number of unbranched alkanes of at least 4 members (excludes halogenated alkanes) is 6. The summed E-state index contributed by atoms with van der Waals surface area (Å²) in [5, 5.41) is 15.6. The molecule has 3 N–H and O–H groups in total. The van der Waals surface area contributed by atoms with Gasteiger partial charge in [-0.25, -0.2) is 4.79 Å². The van der Waals surface area contributed by atoms with E-state index >= 15 is 0 Å². The lowest BCUT2D eigenvalue weighted by Crippen LogP contribution is -2.54. The number of nitrogens with zero attached hydrogens (tertiary/aromatic N) is 1. The largest absolute Gasteiger partial charge is 0.508 e. The van der Waals surface area contributed by atoms with Gasteiger partial charge in [0.15, 0.2) is 0 Å². The third kappa shape index (κ3) is 13.1. The second-order valence-corrected chi connectivity index (χ2v) is 12.3. The van der Waals surface area contributed by atoms with Crippen LogP contribution in [0.25, 0.3) is 0 Å². The molecule has 0 saturated carbocycles. The first-order valence-corrected chi connectivity index (χ1v) is 15.9. The first-order chi connectivity index (χ1) is 20.4. The lowest BCUT2D eigenvalue weighted by molar-refractivity contribution is -0.142. The summed E-state index contributed by atoms with van der Waals surface area (Å²) in [6, 6.07) is 12.4. The molecule has 3 amide bonds. The minimum atomic E-state index is -0.990. The topological polar surface area (TPSA) is 108 Å². The molecule has 2 aromatic rings. The lowest BCUT2D eigenvalue weighted by Gasteiger charge is -2.35. The maximum Gasteiger partial charge on any atom is 0.408 e. The minimum absolute atomic E-state index is 0.111. The number of amides is 3. The number of carbonyl (C=O) groups is 3. The molecule has 2 atom stereocenters. The Balaban J connectivity index is 2.50. The fraction of sp³-hybridized carbons (Fsp3) is 0.571. The first kappa shape index (κ1) is 35.6. The zero-order chi connectivity index (χ0) is 31.8. The van der Waals surface area contributed by atoms with Gasteiger partial charge in [-0.1, -0.05) is 94.3 Å². The molecule has 0 spiro atoms. The summed E-state index contributed by atoms with van der Waals surface area (Å²) in [6.07, 6.45) is 7.41. The van der Waals surface area contributed by atoms with Gasteiger partial charge in [-0.15, -0.1) is 0 Å². The van der Waals surface area contributed by atoms with Gasteiger partial charge in [0.1, 0.15) is 23.4 Å². The summed E-state index contributed by atoms with van der Waals surface area (Å²) in [7, 11) is 0. The predicted molar refractivity (Wildman–Crippen MR) is 172 cm³/mol. The van der Waals surface area contributed by atoms with E-state index in [2.05, 4.69) is 24.5 Å². The number of hydrogen-bond donors (Lipinski definition) is 3. The summed E-state index contributed by atoms with van der Waals surface area (Å²) >= 11 is 0. The van der Waals surface area contributed by atoms with E-state index in [4.69, 9.17) is 4.74 Å². The van der Waals surface area contributed by atoms with Crippen molar-refractivity contribution in [3.8, 4) is 5.75 Å².